The van der Waals surface area contributed by atoms with Gasteiger partial charge in [0.05, 0.1) is 12.7 Å². The molecule has 2 nitrogen and oxygen atoms in total. The minimum atomic E-state index is -0.338. The molecule has 0 unspecified atom stereocenters. The van der Waals surface area contributed by atoms with E-state index in [1.54, 1.807) is 6.07 Å². The Bertz CT molecular complexity index is 550. The lowest BCUT2D eigenvalue weighted by Crippen LogP contribution is -2.04. The zero-order valence-electron chi connectivity index (χ0n) is 10.0. The van der Waals surface area contributed by atoms with Crippen LogP contribution >= 0.6 is 11.6 Å². The van der Waals surface area contributed by atoms with Crippen LogP contribution in [0.5, 0.6) is 0 Å². The molecule has 92 valence electrons. The highest BCUT2D eigenvalue weighted by Crippen LogP contribution is 2.26. The highest BCUT2D eigenvalue weighted by molar-refractivity contribution is 6.17. The topological polar surface area (TPSA) is 26.3 Å². The van der Waals surface area contributed by atoms with Crippen LogP contribution in [0.15, 0.2) is 48.5 Å². The minimum absolute atomic E-state index is 0.338. The summed E-state index contributed by atoms with van der Waals surface area (Å²) in [7, 11) is 1.38. The zero-order chi connectivity index (χ0) is 13.0. The van der Waals surface area contributed by atoms with Gasteiger partial charge >= 0.3 is 5.97 Å². The van der Waals surface area contributed by atoms with E-state index in [9.17, 15) is 4.79 Å². The van der Waals surface area contributed by atoms with E-state index in [4.69, 9.17) is 16.3 Å². The van der Waals surface area contributed by atoms with E-state index in [0.717, 1.165) is 16.7 Å². The predicted molar refractivity (Wildman–Crippen MR) is 72.8 cm³/mol. The summed E-state index contributed by atoms with van der Waals surface area (Å²) in [4.78, 5) is 11.8. The number of carbonyl (C=O) groups is 1. The van der Waals surface area contributed by atoms with Crippen LogP contribution in [-0.4, -0.2) is 13.1 Å². The smallest absolute Gasteiger partial charge is 0.338 e. The number of ether oxygens (including phenoxy) is 1. The van der Waals surface area contributed by atoms with Crippen LogP contribution in [0.3, 0.4) is 0 Å². The first-order valence-electron chi connectivity index (χ1n) is 5.59. The third kappa shape index (κ3) is 2.54. The van der Waals surface area contributed by atoms with Gasteiger partial charge in [0.15, 0.2) is 0 Å². The first-order valence-corrected chi connectivity index (χ1v) is 6.12. The van der Waals surface area contributed by atoms with Gasteiger partial charge in [-0.1, -0.05) is 36.4 Å². The molecule has 0 bridgehead atoms. The van der Waals surface area contributed by atoms with Crippen molar-refractivity contribution in [1.29, 1.82) is 0 Å². The van der Waals surface area contributed by atoms with E-state index < -0.39 is 0 Å². The Balaban J connectivity index is 2.58. The molecule has 2 aromatic carbocycles. The van der Waals surface area contributed by atoms with Crippen molar-refractivity contribution in [3.05, 3.63) is 59.7 Å². The number of halogens is 1. The van der Waals surface area contributed by atoms with Crippen LogP contribution in [0.25, 0.3) is 11.1 Å². The van der Waals surface area contributed by atoms with Gasteiger partial charge in [0, 0.05) is 5.88 Å². The van der Waals surface area contributed by atoms with Crippen molar-refractivity contribution in [2.75, 3.05) is 7.11 Å². The molecule has 0 aliphatic heterocycles. The molecule has 0 radical (unpaired) electrons. The lowest BCUT2D eigenvalue weighted by molar-refractivity contribution is 0.0601. The summed E-state index contributed by atoms with van der Waals surface area (Å²) in [6.45, 7) is 0. The van der Waals surface area contributed by atoms with Crippen LogP contribution in [0.1, 0.15) is 15.9 Å². The Morgan fingerprint density at radius 3 is 2.50 bits per heavy atom. The summed E-state index contributed by atoms with van der Waals surface area (Å²) in [5.41, 5.74) is 3.35. The van der Waals surface area contributed by atoms with Gasteiger partial charge in [-0.3, -0.25) is 0 Å². The molecule has 2 aromatic rings. The normalized spacial score (nSPS) is 10.1. The standard InChI is InChI=1S/C15H13ClO2/c1-18-15(17)13-8-7-11(10-16)9-14(13)12-5-3-2-4-6-12/h2-9H,10H2,1H3. The molecule has 0 N–H and O–H groups in total. The van der Waals surface area contributed by atoms with Crippen molar-refractivity contribution >= 4 is 17.6 Å². The third-order valence-electron chi connectivity index (χ3n) is 2.73. The fourth-order valence-electron chi connectivity index (χ4n) is 1.82. The summed E-state index contributed by atoms with van der Waals surface area (Å²) >= 11 is 5.84. The zero-order valence-corrected chi connectivity index (χ0v) is 10.8. The largest absolute Gasteiger partial charge is 0.465 e. The number of rotatable bonds is 3. The molecule has 0 atom stereocenters. The van der Waals surface area contributed by atoms with Crippen LogP contribution in [0, 0.1) is 0 Å². The highest BCUT2D eigenvalue weighted by atomic mass is 35.5. The average molecular weight is 261 g/mol. The highest BCUT2D eigenvalue weighted by Gasteiger charge is 2.13. The molecular formula is C15H13ClO2. The van der Waals surface area contributed by atoms with Gasteiger partial charge in [-0.15, -0.1) is 11.6 Å². The Morgan fingerprint density at radius 1 is 1.17 bits per heavy atom. The number of hydrogen-bond acceptors (Lipinski definition) is 2. The maximum absolute atomic E-state index is 11.8. The maximum Gasteiger partial charge on any atom is 0.338 e. The summed E-state index contributed by atoms with van der Waals surface area (Å²) < 4.78 is 4.80. The van der Waals surface area contributed by atoms with Crippen molar-refractivity contribution in [3.63, 3.8) is 0 Å². The number of carbonyl (C=O) groups excluding carboxylic acids is 1. The van der Waals surface area contributed by atoms with Gasteiger partial charge in [0.1, 0.15) is 0 Å². The number of methoxy groups -OCH3 is 1. The Morgan fingerprint density at radius 2 is 1.89 bits per heavy atom. The second-order valence-corrected chi connectivity index (χ2v) is 4.14. The molecule has 0 aromatic heterocycles. The number of hydrogen-bond donors (Lipinski definition) is 0. The Kier molecular flexibility index (Phi) is 4.00. The van der Waals surface area contributed by atoms with Crippen molar-refractivity contribution in [2.24, 2.45) is 0 Å². The number of benzene rings is 2. The lowest BCUT2D eigenvalue weighted by atomic mass is 9.97. The van der Waals surface area contributed by atoms with Crippen LogP contribution in [0.2, 0.25) is 0 Å². The average Bonchev–Trinajstić information content (AvgIpc) is 2.46. The molecular weight excluding hydrogens is 248 g/mol. The fourth-order valence-corrected chi connectivity index (χ4v) is 1.99. The second-order valence-electron chi connectivity index (χ2n) is 3.87. The van der Waals surface area contributed by atoms with Crippen molar-refractivity contribution in [1.82, 2.24) is 0 Å². The molecule has 0 spiro atoms. The molecule has 0 amide bonds. The Hall–Kier alpha value is -1.80. The number of esters is 1. The molecule has 18 heavy (non-hydrogen) atoms. The maximum atomic E-state index is 11.8. The van der Waals surface area contributed by atoms with Crippen molar-refractivity contribution in [3.8, 4) is 11.1 Å². The minimum Gasteiger partial charge on any atom is -0.465 e. The van der Waals surface area contributed by atoms with Gasteiger partial charge in [-0.2, -0.15) is 0 Å². The van der Waals surface area contributed by atoms with Crippen LogP contribution in [0.4, 0.5) is 0 Å². The summed E-state index contributed by atoms with van der Waals surface area (Å²) in [6.07, 6.45) is 0. The SMILES string of the molecule is COC(=O)c1ccc(CCl)cc1-c1ccccc1. The second kappa shape index (κ2) is 5.69. The third-order valence-corrected chi connectivity index (χ3v) is 3.04. The van der Waals surface area contributed by atoms with Crippen LogP contribution < -0.4 is 0 Å². The van der Waals surface area contributed by atoms with Gasteiger partial charge in [-0.05, 0) is 28.8 Å². The molecule has 3 heteroatoms. The monoisotopic (exact) mass is 260 g/mol. The molecule has 2 rings (SSSR count). The van der Waals surface area contributed by atoms with Crippen molar-refractivity contribution < 1.29 is 9.53 Å². The first kappa shape index (κ1) is 12.7. The molecule has 0 aliphatic carbocycles. The Labute approximate surface area is 111 Å². The van der Waals surface area contributed by atoms with Crippen molar-refractivity contribution in [2.45, 2.75) is 5.88 Å². The van der Waals surface area contributed by atoms with Gasteiger partial charge in [0.25, 0.3) is 0 Å². The van der Waals surface area contributed by atoms with Gasteiger partial charge < -0.3 is 4.74 Å². The lowest BCUT2D eigenvalue weighted by Gasteiger charge is -2.09. The van der Waals surface area contributed by atoms with Gasteiger partial charge in [0.2, 0.25) is 0 Å². The molecule has 0 heterocycles. The van der Waals surface area contributed by atoms with Gasteiger partial charge in [-0.25, -0.2) is 4.79 Å². The summed E-state index contributed by atoms with van der Waals surface area (Å²) in [5, 5.41) is 0. The summed E-state index contributed by atoms with van der Waals surface area (Å²) in [6, 6.07) is 15.2. The quantitative estimate of drug-likeness (QED) is 0.618. The van der Waals surface area contributed by atoms with E-state index in [2.05, 4.69) is 0 Å². The molecule has 0 fully saturated rings. The first-order chi connectivity index (χ1) is 8.76. The summed E-state index contributed by atoms with van der Waals surface area (Å²) in [5.74, 6) is 0.0800. The van der Waals surface area contributed by atoms with E-state index >= 15 is 0 Å². The molecule has 0 saturated carbocycles. The molecule has 0 saturated heterocycles. The van der Waals surface area contributed by atoms with E-state index in [0.29, 0.717) is 11.4 Å². The fraction of sp³-hybridized carbons (Fsp3) is 0.133. The predicted octanol–water partition coefficient (Wildman–Crippen LogP) is 3.88. The van der Waals surface area contributed by atoms with Crippen LogP contribution in [-0.2, 0) is 10.6 Å². The molecule has 0 aliphatic rings. The van der Waals surface area contributed by atoms with E-state index in [-0.39, 0.29) is 5.97 Å². The number of alkyl halides is 1. The van der Waals surface area contributed by atoms with E-state index in [1.165, 1.54) is 7.11 Å². The van der Waals surface area contributed by atoms with E-state index in [1.807, 2.05) is 42.5 Å².